The summed E-state index contributed by atoms with van der Waals surface area (Å²) in [5.74, 6) is 1.53. The molecule has 0 radical (unpaired) electrons. The summed E-state index contributed by atoms with van der Waals surface area (Å²) in [6, 6.07) is 16.1. The van der Waals surface area contributed by atoms with Gasteiger partial charge in [0.15, 0.2) is 5.82 Å². The number of halogens is 1. The highest BCUT2D eigenvalue weighted by Crippen LogP contribution is 2.30. The van der Waals surface area contributed by atoms with Crippen molar-refractivity contribution in [1.29, 1.82) is 0 Å². The zero-order valence-corrected chi connectivity index (χ0v) is 16.7. The molecule has 6 heteroatoms. The molecule has 4 rings (SSSR count). The highest BCUT2D eigenvalue weighted by atomic mass is 35.5. The summed E-state index contributed by atoms with van der Waals surface area (Å²) >= 11 is 0. The fourth-order valence-corrected chi connectivity index (χ4v) is 3.53. The highest BCUT2D eigenvalue weighted by molar-refractivity contribution is 6.06. The average Bonchev–Trinajstić information content (AvgIpc) is 3.06. The molecule has 0 aliphatic heterocycles. The standard InChI is InChI=1S/C22H24N4O.ClH/c1-2-3-8-19-25-20-21(17-6-4-5-7-18(17)24-22(20)23)26(19)13-15-9-11-16(14-27)12-10-15;/h4-7,9-12,27H,2-3,8,13-14H2,1H3,(H2,23,24);1H. The summed E-state index contributed by atoms with van der Waals surface area (Å²) in [4.78, 5) is 9.41. The lowest BCUT2D eigenvalue weighted by Gasteiger charge is -2.11. The number of fused-ring (bicyclic) bond motifs is 3. The van der Waals surface area contributed by atoms with Crippen LogP contribution in [0.4, 0.5) is 5.82 Å². The van der Waals surface area contributed by atoms with Crippen molar-refractivity contribution in [3.8, 4) is 0 Å². The Balaban J connectivity index is 0.00000225. The van der Waals surface area contributed by atoms with Gasteiger partial charge in [-0.05, 0) is 23.6 Å². The minimum Gasteiger partial charge on any atom is -0.392 e. The summed E-state index contributed by atoms with van der Waals surface area (Å²) in [6.45, 7) is 2.96. The van der Waals surface area contributed by atoms with Crippen LogP contribution < -0.4 is 5.73 Å². The van der Waals surface area contributed by atoms with Gasteiger partial charge < -0.3 is 15.4 Å². The first kappa shape index (κ1) is 20.1. The van der Waals surface area contributed by atoms with Crippen LogP contribution in [0.15, 0.2) is 48.5 Å². The number of imidazole rings is 1. The Labute approximate surface area is 170 Å². The predicted molar refractivity (Wildman–Crippen MR) is 117 cm³/mol. The third-order valence-corrected chi connectivity index (χ3v) is 4.99. The number of anilines is 1. The molecule has 0 spiro atoms. The first-order valence-corrected chi connectivity index (χ1v) is 9.43. The molecule has 0 saturated heterocycles. The van der Waals surface area contributed by atoms with Crippen LogP contribution in [0.25, 0.3) is 21.9 Å². The highest BCUT2D eigenvalue weighted by Gasteiger charge is 2.17. The summed E-state index contributed by atoms with van der Waals surface area (Å²) in [5.41, 5.74) is 11.1. The van der Waals surface area contributed by atoms with Crippen LogP contribution in [0.2, 0.25) is 0 Å². The van der Waals surface area contributed by atoms with Crippen molar-refractivity contribution < 1.29 is 5.11 Å². The van der Waals surface area contributed by atoms with Crippen molar-refractivity contribution in [3.05, 3.63) is 65.5 Å². The van der Waals surface area contributed by atoms with E-state index in [1.54, 1.807) is 0 Å². The Bertz CT molecular complexity index is 1090. The number of nitrogens with zero attached hydrogens (tertiary/aromatic N) is 3. The fraction of sp³-hybridized carbons (Fsp3) is 0.273. The summed E-state index contributed by atoms with van der Waals surface area (Å²) in [7, 11) is 0. The molecule has 2 heterocycles. The second-order valence-electron chi connectivity index (χ2n) is 6.90. The second-order valence-corrected chi connectivity index (χ2v) is 6.90. The van der Waals surface area contributed by atoms with E-state index < -0.39 is 0 Å². The van der Waals surface area contributed by atoms with Crippen LogP contribution in [0.3, 0.4) is 0 Å². The number of aliphatic hydroxyl groups is 1. The van der Waals surface area contributed by atoms with Gasteiger partial charge in [-0.1, -0.05) is 55.8 Å². The lowest BCUT2D eigenvalue weighted by molar-refractivity contribution is 0.282. The number of pyridine rings is 1. The Kier molecular flexibility index (Phi) is 6.17. The quantitative estimate of drug-likeness (QED) is 0.504. The van der Waals surface area contributed by atoms with E-state index in [1.165, 1.54) is 5.56 Å². The van der Waals surface area contributed by atoms with Crippen LogP contribution in [-0.4, -0.2) is 19.6 Å². The van der Waals surface area contributed by atoms with Gasteiger partial charge in [0.25, 0.3) is 0 Å². The lowest BCUT2D eigenvalue weighted by Crippen LogP contribution is -2.06. The molecule has 0 aliphatic rings. The number of aryl methyl sites for hydroxylation is 1. The van der Waals surface area contributed by atoms with Gasteiger partial charge in [-0.3, -0.25) is 0 Å². The Morgan fingerprint density at radius 3 is 2.43 bits per heavy atom. The molecule has 146 valence electrons. The topological polar surface area (TPSA) is 77.0 Å². The van der Waals surface area contributed by atoms with Crippen molar-refractivity contribution >= 4 is 40.2 Å². The van der Waals surface area contributed by atoms with Gasteiger partial charge in [-0.2, -0.15) is 0 Å². The van der Waals surface area contributed by atoms with Gasteiger partial charge in [0.1, 0.15) is 11.3 Å². The molecular weight excluding hydrogens is 372 g/mol. The molecule has 5 nitrogen and oxygen atoms in total. The number of rotatable bonds is 6. The smallest absolute Gasteiger partial charge is 0.152 e. The Hall–Kier alpha value is -2.63. The molecule has 0 saturated carbocycles. The molecule has 0 bridgehead atoms. The number of para-hydroxylation sites is 1. The normalized spacial score (nSPS) is 11.1. The minimum atomic E-state index is 0. The first-order chi connectivity index (χ1) is 13.2. The Morgan fingerprint density at radius 1 is 1.00 bits per heavy atom. The first-order valence-electron chi connectivity index (χ1n) is 9.43. The van der Waals surface area contributed by atoms with Crippen molar-refractivity contribution in [2.75, 3.05) is 5.73 Å². The molecule has 4 aromatic rings. The third kappa shape index (κ3) is 3.68. The van der Waals surface area contributed by atoms with E-state index in [2.05, 4.69) is 34.7 Å². The fourth-order valence-electron chi connectivity index (χ4n) is 3.53. The second kappa shape index (κ2) is 8.59. The monoisotopic (exact) mass is 396 g/mol. The maximum absolute atomic E-state index is 9.28. The number of nitrogen functional groups attached to an aromatic ring is 1. The van der Waals surface area contributed by atoms with E-state index in [-0.39, 0.29) is 19.0 Å². The maximum Gasteiger partial charge on any atom is 0.152 e. The van der Waals surface area contributed by atoms with Crippen LogP contribution >= 0.6 is 12.4 Å². The molecule has 0 atom stereocenters. The van der Waals surface area contributed by atoms with Crippen LogP contribution in [0.1, 0.15) is 36.7 Å². The van der Waals surface area contributed by atoms with E-state index in [0.29, 0.717) is 12.4 Å². The van der Waals surface area contributed by atoms with E-state index in [1.807, 2.05) is 30.3 Å². The summed E-state index contributed by atoms with van der Waals surface area (Å²) < 4.78 is 2.28. The van der Waals surface area contributed by atoms with Crippen LogP contribution in [0, 0.1) is 0 Å². The van der Waals surface area contributed by atoms with Crippen molar-refractivity contribution in [2.24, 2.45) is 0 Å². The van der Waals surface area contributed by atoms with Crippen LogP contribution in [0.5, 0.6) is 0 Å². The number of nitrogens with two attached hydrogens (primary N) is 1. The molecule has 28 heavy (non-hydrogen) atoms. The van der Waals surface area contributed by atoms with Crippen molar-refractivity contribution in [2.45, 2.75) is 39.3 Å². The SMILES string of the molecule is CCCCc1nc2c(N)nc3ccccc3c2n1Cc1ccc(CO)cc1.Cl. The molecular formula is C22H25ClN4O. The zero-order chi connectivity index (χ0) is 18.8. The molecule has 2 aromatic carbocycles. The summed E-state index contributed by atoms with van der Waals surface area (Å²) in [5, 5.41) is 10.4. The van der Waals surface area contributed by atoms with E-state index in [0.717, 1.165) is 52.6 Å². The van der Waals surface area contributed by atoms with Crippen molar-refractivity contribution in [3.63, 3.8) is 0 Å². The number of hydrogen-bond acceptors (Lipinski definition) is 4. The average molecular weight is 397 g/mol. The Morgan fingerprint density at radius 2 is 1.71 bits per heavy atom. The predicted octanol–water partition coefficient (Wildman–Crippen LogP) is 4.47. The molecule has 0 aliphatic carbocycles. The van der Waals surface area contributed by atoms with E-state index >= 15 is 0 Å². The van der Waals surface area contributed by atoms with Gasteiger partial charge in [0.05, 0.1) is 17.6 Å². The number of aromatic nitrogens is 3. The third-order valence-electron chi connectivity index (χ3n) is 4.99. The van der Waals surface area contributed by atoms with Gasteiger partial charge in [-0.25, -0.2) is 9.97 Å². The molecule has 3 N–H and O–H groups in total. The minimum absolute atomic E-state index is 0. The van der Waals surface area contributed by atoms with Gasteiger partial charge in [-0.15, -0.1) is 12.4 Å². The van der Waals surface area contributed by atoms with E-state index in [4.69, 9.17) is 10.7 Å². The number of hydrogen-bond donors (Lipinski definition) is 2. The van der Waals surface area contributed by atoms with Gasteiger partial charge in [0, 0.05) is 18.4 Å². The largest absolute Gasteiger partial charge is 0.392 e. The lowest BCUT2D eigenvalue weighted by atomic mass is 10.1. The number of aliphatic hydroxyl groups excluding tert-OH is 1. The summed E-state index contributed by atoms with van der Waals surface area (Å²) in [6.07, 6.45) is 3.11. The zero-order valence-electron chi connectivity index (χ0n) is 15.9. The maximum atomic E-state index is 9.28. The molecule has 0 unspecified atom stereocenters. The molecule has 2 aromatic heterocycles. The number of unbranched alkanes of at least 4 members (excludes halogenated alkanes) is 1. The molecule has 0 amide bonds. The van der Waals surface area contributed by atoms with Crippen LogP contribution in [-0.2, 0) is 19.6 Å². The van der Waals surface area contributed by atoms with Crippen molar-refractivity contribution in [1.82, 2.24) is 14.5 Å². The number of benzene rings is 2. The molecule has 0 fully saturated rings. The van der Waals surface area contributed by atoms with Gasteiger partial charge >= 0.3 is 0 Å². The van der Waals surface area contributed by atoms with E-state index in [9.17, 15) is 5.11 Å². The van der Waals surface area contributed by atoms with Gasteiger partial charge in [0.2, 0.25) is 0 Å².